The molecule has 2 N–H and O–H groups in total. The number of rotatable bonds is 5. The van der Waals surface area contributed by atoms with E-state index in [1.807, 2.05) is 0 Å². The van der Waals surface area contributed by atoms with Crippen LogP contribution in [0.25, 0.3) is 0 Å². The molecule has 2 aliphatic rings. The fraction of sp³-hybridized carbons (Fsp3) is 0.833. The number of Topliss-reactive ketones (excluding diaryl/α,β-unsaturated/α-hetero) is 1. The van der Waals surface area contributed by atoms with Crippen molar-refractivity contribution < 1.29 is 9.59 Å². The standard InChI is InChI=1S/C12H20N2O2/c13-12(16)3-1-2-6-14-9-4-5-10(14)8-11(15)7-9/h9-10H,1-8H2,(H2,13,16). The van der Waals surface area contributed by atoms with Crippen LogP contribution < -0.4 is 5.73 Å². The third-order valence-electron chi connectivity index (χ3n) is 3.79. The number of piperidine rings is 1. The van der Waals surface area contributed by atoms with Gasteiger partial charge in [0.15, 0.2) is 0 Å². The van der Waals surface area contributed by atoms with Crippen molar-refractivity contribution >= 4 is 11.7 Å². The molecule has 0 spiro atoms. The molecule has 0 radical (unpaired) electrons. The predicted octanol–water partition coefficient (Wildman–Crippen LogP) is 0.838. The first kappa shape index (κ1) is 11.6. The van der Waals surface area contributed by atoms with E-state index in [1.54, 1.807) is 0 Å². The number of carbonyl (C=O) groups excluding carboxylic acids is 2. The molecule has 2 aliphatic heterocycles. The van der Waals surface area contributed by atoms with Gasteiger partial charge in [-0.1, -0.05) is 0 Å². The molecule has 2 atom stereocenters. The van der Waals surface area contributed by atoms with Crippen LogP contribution in [0.15, 0.2) is 0 Å². The molecule has 2 rings (SSSR count). The molecule has 2 saturated heterocycles. The predicted molar refractivity (Wildman–Crippen MR) is 60.8 cm³/mol. The Kier molecular flexibility index (Phi) is 3.59. The lowest BCUT2D eigenvalue weighted by Crippen LogP contribution is -2.43. The highest BCUT2D eigenvalue weighted by Crippen LogP contribution is 2.33. The van der Waals surface area contributed by atoms with E-state index in [0.717, 1.165) is 32.2 Å². The van der Waals surface area contributed by atoms with Crippen LogP contribution >= 0.6 is 0 Å². The lowest BCUT2D eigenvalue weighted by molar-refractivity contribution is -0.123. The Labute approximate surface area is 96.2 Å². The largest absolute Gasteiger partial charge is 0.370 e. The highest BCUT2D eigenvalue weighted by Gasteiger charge is 2.39. The van der Waals surface area contributed by atoms with Crippen molar-refractivity contribution in [2.45, 2.75) is 57.0 Å². The van der Waals surface area contributed by atoms with Crippen LogP contribution in [-0.4, -0.2) is 35.2 Å². The summed E-state index contributed by atoms with van der Waals surface area (Å²) in [5.74, 6) is 0.220. The van der Waals surface area contributed by atoms with E-state index in [0.29, 0.717) is 24.3 Å². The highest BCUT2D eigenvalue weighted by atomic mass is 16.1. The molecule has 4 heteroatoms. The molecule has 4 nitrogen and oxygen atoms in total. The van der Waals surface area contributed by atoms with Gasteiger partial charge < -0.3 is 5.73 Å². The zero-order valence-corrected chi connectivity index (χ0v) is 9.65. The monoisotopic (exact) mass is 224 g/mol. The number of hydrogen-bond donors (Lipinski definition) is 1. The molecule has 0 aromatic carbocycles. The number of ketones is 1. The van der Waals surface area contributed by atoms with E-state index in [-0.39, 0.29) is 5.91 Å². The van der Waals surface area contributed by atoms with Crippen molar-refractivity contribution in [2.75, 3.05) is 6.54 Å². The van der Waals surface area contributed by atoms with Gasteiger partial charge in [0.25, 0.3) is 0 Å². The fourth-order valence-electron chi connectivity index (χ4n) is 3.02. The third-order valence-corrected chi connectivity index (χ3v) is 3.79. The maximum Gasteiger partial charge on any atom is 0.217 e. The lowest BCUT2D eigenvalue weighted by Gasteiger charge is -2.33. The van der Waals surface area contributed by atoms with Crippen LogP contribution in [0.4, 0.5) is 0 Å². The quantitative estimate of drug-likeness (QED) is 0.704. The fourth-order valence-corrected chi connectivity index (χ4v) is 3.02. The Morgan fingerprint density at radius 3 is 2.44 bits per heavy atom. The van der Waals surface area contributed by atoms with Crippen LogP contribution in [0, 0.1) is 0 Å². The normalized spacial score (nSPS) is 29.6. The van der Waals surface area contributed by atoms with E-state index in [2.05, 4.69) is 4.90 Å². The molecule has 0 saturated carbocycles. The Balaban J connectivity index is 1.74. The molecular formula is C12H20N2O2. The van der Waals surface area contributed by atoms with Crippen molar-refractivity contribution in [1.29, 1.82) is 0 Å². The van der Waals surface area contributed by atoms with Crippen molar-refractivity contribution in [2.24, 2.45) is 5.73 Å². The van der Waals surface area contributed by atoms with Gasteiger partial charge in [0.2, 0.25) is 5.91 Å². The Hall–Kier alpha value is -0.900. The van der Waals surface area contributed by atoms with E-state index < -0.39 is 0 Å². The molecule has 16 heavy (non-hydrogen) atoms. The number of fused-ring (bicyclic) bond motifs is 2. The molecule has 0 aromatic heterocycles. The SMILES string of the molecule is NC(=O)CCCCN1C2CCC1CC(=O)C2. The topological polar surface area (TPSA) is 63.4 Å². The second-order valence-corrected chi connectivity index (χ2v) is 4.99. The number of nitrogens with zero attached hydrogens (tertiary/aromatic N) is 1. The van der Waals surface area contributed by atoms with Crippen molar-refractivity contribution in [1.82, 2.24) is 4.90 Å². The minimum absolute atomic E-state index is 0.211. The maximum atomic E-state index is 11.4. The smallest absolute Gasteiger partial charge is 0.217 e. The molecule has 0 aromatic rings. The average Bonchev–Trinajstić information content (AvgIpc) is 2.45. The summed E-state index contributed by atoms with van der Waals surface area (Å²) in [6, 6.07) is 0.972. The first-order valence-electron chi connectivity index (χ1n) is 6.22. The number of carbonyl (C=O) groups is 2. The van der Waals surface area contributed by atoms with Gasteiger partial charge in [-0.25, -0.2) is 0 Å². The molecule has 0 aliphatic carbocycles. The van der Waals surface area contributed by atoms with Gasteiger partial charge in [-0.3, -0.25) is 14.5 Å². The number of hydrogen-bond acceptors (Lipinski definition) is 3. The Morgan fingerprint density at radius 2 is 1.88 bits per heavy atom. The molecule has 2 heterocycles. The zero-order valence-electron chi connectivity index (χ0n) is 9.65. The van der Waals surface area contributed by atoms with E-state index in [4.69, 9.17) is 5.73 Å². The summed E-state index contributed by atoms with van der Waals surface area (Å²) in [6.45, 7) is 1.02. The first-order chi connectivity index (χ1) is 7.66. The minimum atomic E-state index is -0.211. The van der Waals surface area contributed by atoms with Gasteiger partial charge in [-0.15, -0.1) is 0 Å². The van der Waals surface area contributed by atoms with Crippen LogP contribution in [0.5, 0.6) is 0 Å². The summed E-state index contributed by atoms with van der Waals surface area (Å²) in [4.78, 5) is 24.5. The molecule has 90 valence electrons. The highest BCUT2D eigenvalue weighted by molar-refractivity contribution is 5.80. The summed E-state index contributed by atoms with van der Waals surface area (Å²) in [5.41, 5.74) is 5.10. The summed E-state index contributed by atoms with van der Waals surface area (Å²) < 4.78 is 0. The van der Waals surface area contributed by atoms with Gasteiger partial charge in [0.1, 0.15) is 5.78 Å². The molecule has 2 fully saturated rings. The second kappa shape index (κ2) is 4.95. The maximum absolute atomic E-state index is 11.4. The van der Waals surface area contributed by atoms with Crippen molar-refractivity contribution in [3.05, 3.63) is 0 Å². The van der Waals surface area contributed by atoms with Crippen LogP contribution in [0.3, 0.4) is 0 Å². The number of primary amides is 1. The van der Waals surface area contributed by atoms with Crippen molar-refractivity contribution in [3.63, 3.8) is 0 Å². The van der Waals surface area contributed by atoms with Crippen LogP contribution in [0.1, 0.15) is 44.9 Å². The Morgan fingerprint density at radius 1 is 1.25 bits per heavy atom. The summed E-state index contributed by atoms with van der Waals surface area (Å²) in [6.07, 6.45) is 6.21. The number of amides is 1. The molecule has 1 amide bonds. The first-order valence-corrected chi connectivity index (χ1v) is 6.22. The van der Waals surface area contributed by atoms with Gasteiger partial charge in [0.05, 0.1) is 0 Å². The van der Waals surface area contributed by atoms with E-state index in [9.17, 15) is 9.59 Å². The minimum Gasteiger partial charge on any atom is -0.370 e. The third kappa shape index (κ3) is 2.61. The van der Waals surface area contributed by atoms with Gasteiger partial charge in [-0.05, 0) is 32.2 Å². The number of nitrogens with two attached hydrogens (primary N) is 1. The van der Waals surface area contributed by atoms with Gasteiger partial charge >= 0.3 is 0 Å². The summed E-state index contributed by atoms with van der Waals surface area (Å²) >= 11 is 0. The lowest BCUT2D eigenvalue weighted by atomic mass is 10.0. The molecule has 2 bridgehead atoms. The van der Waals surface area contributed by atoms with Crippen LogP contribution in [-0.2, 0) is 9.59 Å². The van der Waals surface area contributed by atoms with Gasteiger partial charge in [-0.2, -0.15) is 0 Å². The molecular weight excluding hydrogens is 204 g/mol. The number of unbranched alkanes of at least 4 members (excludes halogenated alkanes) is 1. The second-order valence-electron chi connectivity index (χ2n) is 4.99. The van der Waals surface area contributed by atoms with Gasteiger partial charge in [0, 0.05) is 31.3 Å². The van der Waals surface area contributed by atoms with Crippen molar-refractivity contribution in [3.8, 4) is 0 Å². The zero-order chi connectivity index (χ0) is 11.5. The van der Waals surface area contributed by atoms with E-state index in [1.165, 1.54) is 12.8 Å². The van der Waals surface area contributed by atoms with E-state index >= 15 is 0 Å². The summed E-state index contributed by atoms with van der Waals surface area (Å²) in [7, 11) is 0. The average molecular weight is 224 g/mol. The van der Waals surface area contributed by atoms with Crippen LogP contribution in [0.2, 0.25) is 0 Å². The summed E-state index contributed by atoms with van der Waals surface area (Å²) in [5, 5.41) is 0. The Bertz CT molecular complexity index is 275. The molecule has 2 unspecified atom stereocenters.